The Labute approximate surface area is 346 Å². The number of hydrogen-bond donors (Lipinski definition) is 0. The first-order chi connectivity index (χ1) is 29.2. The second kappa shape index (κ2) is 14.6. The standard InChI is InChI=1S/C54H38O6/c1-31-15-23-43-45(25-31)49(41-21-13-33(3)27-47(41)51(43)59-53(55)57-39-19-17-35-9-5-7-11-37(35)29-39)50-42-22-14-34(4)28-48(42)52(44-24-16-32(2)26-46(44)50)60-54(56)58-40-20-18-36-10-6-8-12-38(36)30-40/h5-30H,1-4H3. The van der Waals surface area contributed by atoms with Crippen LogP contribution in [0.3, 0.4) is 0 Å². The summed E-state index contributed by atoms with van der Waals surface area (Å²) < 4.78 is 24.2. The van der Waals surface area contributed by atoms with E-state index in [4.69, 9.17) is 18.9 Å². The van der Waals surface area contributed by atoms with Gasteiger partial charge in [-0.1, -0.05) is 144 Å². The molecule has 0 amide bonds. The van der Waals surface area contributed by atoms with Crippen LogP contribution < -0.4 is 18.9 Å². The molecule has 6 nitrogen and oxygen atoms in total. The Hall–Kier alpha value is -7.70. The van der Waals surface area contributed by atoms with E-state index in [0.717, 1.165) is 98.0 Å². The molecule has 0 aliphatic carbocycles. The lowest BCUT2D eigenvalue weighted by atomic mass is 9.84. The summed E-state index contributed by atoms with van der Waals surface area (Å²) in [6.45, 7) is 8.16. The van der Waals surface area contributed by atoms with Crippen molar-refractivity contribution >= 4 is 76.9 Å². The number of benzene rings is 10. The average molecular weight is 783 g/mol. The number of aryl methyl sites for hydroxylation is 4. The Kier molecular flexibility index (Phi) is 8.91. The van der Waals surface area contributed by atoms with Crippen molar-refractivity contribution in [2.45, 2.75) is 27.7 Å². The molecule has 0 heterocycles. The van der Waals surface area contributed by atoms with Gasteiger partial charge in [-0.25, -0.2) is 9.59 Å². The highest BCUT2D eigenvalue weighted by atomic mass is 16.7. The highest BCUT2D eigenvalue weighted by Gasteiger charge is 2.26. The van der Waals surface area contributed by atoms with Crippen molar-refractivity contribution in [3.8, 4) is 34.1 Å². The van der Waals surface area contributed by atoms with Crippen molar-refractivity contribution in [3.05, 3.63) is 180 Å². The second-order valence-corrected chi connectivity index (χ2v) is 15.5. The third kappa shape index (κ3) is 6.58. The van der Waals surface area contributed by atoms with E-state index < -0.39 is 12.3 Å². The first-order valence-corrected chi connectivity index (χ1v) is 19.9. The lowest BCUT2D eigenvalue weighted by Crippen LogP contribution is -2.14. The minimum atomic E-state index is -0.832. The van der Waals surface area contributed by atoms with Crippen LogP contribution >= 0.6 is 0 Å². The Balaban J connectivity index is 1.16. The Morgan fingerprint density at radius 2 is 0.667 bits per heavy atom. The van der Waals surface area contributed by atoms with E-state index in [1.807, 2.05) is 111 Å². The molecular weight excluding hydrogens is 745 g/mol. The molecular formula is C54H38O6. The van der Waals surface area contributed by atoms with Crippen molar-refractivity contribution in [1.29, 1.82) is 0 Å². The zero-order valence-corrected chi connectivity index (χ0v) is 33.5. The van der Waals surface area contributed by atoms with E-state index in [0.29, 0.717) is 23.0 Å². The van der Waals surface area contributed by atoms with Gasteiger partial charge in [-0.05, 0) is 118 Å². The molecule has 10 aromatic rings. The monoisotopic (exact) mass is 782 g/mol. The summed E-state index contributed by atoms with van der Waals surface area (Å²) in [7, 11) is 0. The number of hydrogen-bond acceptors (Lipinski definition) is 6. The molecule has 0 saturated heterocycles. The molecule has 0 unspecified atom stereocenters. The maximum atomic E-state index is 13.7. The SMILES string of the molecule is Cc1ccc2c(-c3c4ccc(C)cc4c(OC(=O)Oc4ccc5ccccc5c4)c4ccc(C)cc34)c3cc(C)ccc3c(OC(=O)Oc3ccc4ccccc4c3)c2c1. The van der Waals surface area contributed by atoms with Crippen LogP contribution in [0.5, 0.6) is 23.0 Å². The summed E-state index contributed by atoms with van der Waals surface area (Å²) in [5.74, 6) is 1.61. The van der Waals surface area contributed by atoms with Gasteiger partial charge >= 0.3 is 12.3 Å². The highest BCUT2D eigenvalue weighted by Crippen LogP contribution is 2.50. The van der Waals surface area contributed by atoms with Crippen molar-refractivity contribution in [2.75, 3.05) is 0 Å². The van der Waals surface area contributed by atoms with Crippen LogP contribution in [0.2, 0.25) is 0 Å². The minimum Gasteiger partial charge on any atom is -0.395 e. The molecule has 0 aromatic heterocycles. The first-order valence-electron chi connectivity index (χ1n) is 19.9. The fourth-order valence-corrected chi connectivity index (χ4v) is 8.46. The third-order valence-electron chi connectivity index (χ3n) is 11.2. The van der Waals surface area contributed by atoms with Crippen molar-refractivity contribution < 1.29 is 28.5 Å². The Morgan fingerprint density at radius 3 is 1.07 bits per heavy atom. The van der Waals surface area contributed by atoms with Crippen molar-refractivity contribution in [2.24, 2.45) is 0 Å². The van der Waals surface area contributed by atoms with Gasteiger partial charge in [-0.2, -0.15) is 0 Å². The summed E-state index contributed by atoms with van der Waals surface area (Å²) in [5.41, 5.74) is 6.02. The summed E-state index contributed by atoms with van der Waals surface area (Å²) in [5, 5.41) is 10.6. The maximum absolute atomic E-state index is 13.7. The number of rotatable bonds is 5. The molecule has 60 heavy (non-hydrogen) atoms. The molecule has 0 saturated carbocycles. The van der Waals surface area contributed by atoms with Crippen LogP contribution in [-0.4, -0.2) is 12.3 Å². The predicted octanol–water partition coefficient (Wildman–Crippen LogP) is 14.7. The minimum absolute atomic E-state index is 0.392. The molecule has 0 fully saturated rings. The first kappa shape index (κ1) is 36.6. The van der Waals surface area contributed by atoms with E-state index in [2.05, 4.69) is 62.4 Å². The highest BCUT2D eigenvalue weighted by molar-refractivity contribution is 6.27. The maximum Gasteiger partial charge on any atom is 0.519 e. The van der Waals surface area contributed by atoms with Gasteiger partial charge in [-0.15, -0.1) is 0 Å². The number of carbonyl (C=O) groups is 2. The third-order valence-corrected chi connectivity index (χ3v) is 11.2. The van der Waals surface area contributed by atoms with Gasteiger partial charge in [0, 0.05) is 21.5 Å². The van der Waals surface area contributed by atoms with E-state index in [1.165, 1.54) is 0 Å². The molecule has 0 bridgehead atoms. The van der Waals surface area contributed by atoms with Gasteiger partial charge in [0.25, 0.3) is 0 Å². The van der Waals surface area contributed by atoms with Crippen LogP contribution in [0.25, 0.3) is 75.8 Å². The van der Waals surface area contributed by atoms with E-state index >= 15 is 0 Å². The van der Waals surface area contributed by atoms with Gasteiger partial charge in [-0.3, -0.25) is 0 Å². The lowest BCUT2D eigenvalue weighted by molar-refractivity contribution is 0.152. The molecule has 0 atom stereocenters. The van der Waals surface area contributed by atoms with Crippen LogP contribution in [0.4, 0.5) is 9.59 Å². The molecule has 0 aliphatic heterocycles. The normalized spacial score (nSPS) is 11.5. The number of ether oxygens (including phenoxy) is 4. The number of fused-ring (bicyclic) bond motifs is 6. The predicted molar refractivity (Wildman–Crippen MR) is 242 cm³/mol. The summed E-state index contributed by atoms with van der Waals surface area (Å²) in [6.07, 6.45) is -1.66. The zero-order chi connectivity index (χ0) is 41.1. The molecule has 0 spiro atoms. The van der Waals surface area contributed by atoms with Gasteiger partial charge in [0.05, 0.1) is 0 Å². The second-order valence-electron chi connectivity index (χ2n) is 15.5. The van der Waals surface area contributed by atoms with Gasteiger partial charge in [0.1, 0.15) is 23.0 Å². The van der Waals surface area contributed by atoms with Gasteiger partial charge < -0.3 is 18.9 Å². The fraction of sp³-hybridized carbons (Fsp3) is 0.0741. The quantitative estimate of drug-likeness (QED) is 0.0983. The van der Waals surface area contributed by atoms with Crippen LogP contribution in [0.1, 0.15) is 22.3 Å². The zero-order valence-electron chi connectivity index (χ0n) is 33.5. The lowest BCUT2D eigenvalue weighted by Gasteiger charge is -2.22. The van der Waals surface area contributed by atoms with E-state index in [-0.39, 0.29) is 0 Å². The molecule has 10 aromatic carbocycles. The molecule has 0 N–H and O–H groups in total. The Bertz CT molecular complexity index is 3190. The van der Waals surface area contributed by atoms with Gasteiger partial charge in [0.15, 0.2) is 0 Å². The van der Waals surface area contributed by atoms with Crippen LogP contribution in [0.15, 0.2) is 158 Å². The van der Waals surface area contributed by atoms with Crippen LogP contribution in [-0.2, 0) is 0 Å². The smallest absolute Gasteiger partial charge is 0.395 e. The van der Waals surface area contributed by atoms with Crippen LogP contribution in [0, 0.1) is 27.7 Å². The molecule has 290 valence electrons. The summed E-state index contributed by atoms with van der Waals surface area (Å²) in [4.78, 5) is 27.5. The van der Waals surface area contributed by atoms with Crippen molar-refractivity contribution in [3.63, 3.8) is 0 Å². The summed E-state index contributed by atoms with van der Waals surface area (Å²) in [6, 6.07) is 51.7. The van der Waals surface area contributed by atoms with Gasteiger partial charge in [0.2, 0.25) is 0 Å². The molecule has 10 rings (SSSR count). The summed E-state index contributed by atoms with van der Waals surface area (Å²) >= 11 is 0. The Morgan fingerprint density at radius 1 is 0.317 bits per heavy atom. The topological polar surface area (TPSA) is 71.1 Å². The van der Waals surface area contributed by atoms with E-state index in [1.54, 1.807) is 12.1 Å². The fourth-order valence-electron chi connectivity index (χ4n) is 8.46. The van der Waals surface area contributed by atoms with E-state index in [9.17, 15) is 9.59 Å². The molecule has 0 aliphatic rings. The largest absolute Gasteiger partial charge is 0.519 e. The molecule has 0 radical (unpaired) electrons. The number of carbonyl (C=O) groups excluding carboxylic acids is 2. The molecule has 6 heteroatoms. The van der Waals surface area contributed by atoms with Crippen molar-refractivity contribution in [1.82, 2.24) is 0 Å². The average Bonchev–Trinajstić information content (AvgIpc) is 3.24.